The maximum Gasteiger partial charge on any atom is 0.437 e. The lowest BCUT2D eigenvalue weighted by Gasteiger charge is -2.34. The van der Waals surface area contributed by atoms with Crippen molar-refractivity contribution in [3.63, 3.8) is 0 Å². The number of nitrogens with one attached hydrogen (secondary N) is 4. The topological polar surface area (TPSA) is 258 Å². The monoisotopic (exact) mass is 1000 g/mol. The van der Waals surface area contributed by atoms with Crippen LogP contribution >= 0.6 is 0 Å². The fourth-order valence-corrected chi connectivity index (χ4v) is 5.58. The van der Waals surface area contributed by atoms with Gasteiger partial charge in [0.15, 0.2) is 0 Å². The predicted octanol–water partition coefficient (Wildman–Crippen LogP) is 10.8. The average molecular weight is 1010 g/mol. The second-order valence-electron chi connectivity index (χ2n) is 22.5. The molecule has 0 heterocycles. The molecule has 402 valence electrons. The second-order valence-corrected chi connectivity index (χ2v) is 22.5. The summed E-state index contributed by atoms with van der Waals surface area (Å²) in [6, 6.07) is 6.55. The minimum absolute atomic E-state index is 0.0123. The molecular formula is C50H84N8O13. The number of unbranched alkanes of at least 4 members (excludes halogenated alkanes) is 5. The molecule has 0 saturated heterocycles. The number of ether oxygens (including phenoxy) is 7. The summed E-state index contributed by atoms with van der Waals surface area (Å²) in [5, 5.41) is 15.6. The molecule has 1 aromatic rings. The van der Waals surface area contributed by atoms with E-state index in [1.54, 1.807) is 149 Å². The van der Waals surface area contributed by atoms with Crippen LogP contribution in [-0.4, -0.2) is 124 Å². The zero-order chi connectivity index (χ0) is 54.6. The van der Waals surface area contributed by atoms with Gasteiger partial charge in [-0.2, -0.15) is 0 Å². The summed E-state index contributed by atoms with van der Waals surface area (Å²) in [4.78, 5) is 89.7. The summed E-state index contributed by atoms with van der Waals surface area (Å²) in [5.74, 6) is -0.107. The van der Waals surface area contributed by atoms with E-state index in [0.29, 0.717) is 56.3 Å². The summed E-state index contributed by atoms with van der Waals surface area (Å²) >= 11 is 0. The number of alkyl carbamates (subject to hydrolysis) is 3. The van der Waals surface area contributed by atoms with E-state index in [0.717, 1.165) is 9.80 Å². The molecule has 0 bridgehead atoms. The van der Waals surface area contributed by atoms with Crippen LogP contribution in [0.3, 0.4) is 0 Å². The first-order chi connectivity index (χ1) is 32.3. The largest absolute Gasteiger partial charge is 0.494 e. The van der Waals surface area contributed by atoms with E-state index in [1.165, 1.54) is 0 Å². The lowest BCUT2D eigenvalue weighted by Crippen LogP contribution is -2.53. The summed E-state index contributed by atoms with van der Waals surface area (Å²) in [7, 11) is 0. The summed E-state index contributed by atoms with van der Waals surface area (Å²) in [6.45, 7) is 30.9. The van der Waals surface area contributed by atoms with Gasteiger partial charge in [0.2, 0.25) is 11.9 Å². The van der Waals surface area contributed by atoms with Crippen molar-refractivity contribution in [2.24, 2.45) is 9.98 Å². The zero-order valence-corrected chi connectivity index (χ0v) is 45.7. The third-order valence-corrected chi connectivity index (χ3v) is 8.16. The van der Waals surface area contributed by atoms with E-state index in [-0.39, 0.29) is 44.0 Å². The molecule has 0 radical (unpaired) electrons. The Balaban J connectivity index is 3.33. The van der Waals surface area contributed by atoms with Crippen LogP contribution in [0.4, 0.5) is 28.8 Å². The normalized spacial score (nSPS) is 12.3. The Morgan fingerprint density at radius 2 is 0.873 bits per heavy atom. The van der Waals surface area contributed by atoms with Crippen molar-refractivity contribution in [3.8, 4) is 5.75 Å². The van der Waals surface area contributed by atoms with E-state index < -0.39 is 70.2 Å². The molecule has 0 saturated carbocycles. The fraction of sp³-hybridized carbons (Fsp3) is 0.700. The van der Waals surface area contributed by atoms with Crippen LogP contribution in [-0.2, 0) is 28.4 Å². The van der Waals surface area contributed by atoms with Crippen LogP contribution < -0.4 is 20.7 Å². The number of carbonyl (C=O) groups is 6. The van der Waals surface area contributed by atoms with E-state index in [2.05, 4.69) is 25.9 Å². The molecule has 0 aliphatic rings. The lowest BCUT2D eigenvalue weighted by molar-refractivity contribution is 0.0268. The number of amides is 6. The highest BCUT2D eigenvalue weighted by atomic mass is 16.6. The third-order valence-electron chi connectivity index (χ3n) is 8.16. The number of rotatable bonds is 15. The van der Waals surface area contributed by atoms with Crippen molar-refractivity contribution in [1.29, 1.82) is 5.41 Å². The fourth-order valence-electron chi connectivity index (χ4n) is 5.58. The molecule has 0 fully saturated rings. The van der Waals surface area contributed by atoms with Crippen LogP contribution in [0.1, 0.15) is 175 Å². The van der Waals surface area contributed by atoms with Gasteiger partial charge in [0, 0.05) is 25.2 Å². The molecule has 71 heavy (non-hydrogen) atoms. The Hall–Kier alpha value is -6.15. The zero-order valence-electron chi connectivity index (χ0n) is 45.7. The van der Waals surface area contributed by atoms with Crippen molar-refractivity contribution >= 4 is 54.3 Å². The van der Waals surface area contributed by atoms with Gasteiger partial charge in [0.25, 0.3) is 0 Å². The van der Waals surface area contributed by atoms with E-state index in [4.69, 9.17) is 38.6 Å². The molecule has 0 unspecified atom stereocenters. The molecule has 1 rings (SSSR count). The van der Waals surface area contributed by atoms with Gasteiger partial charge < -0.3 is 33.2 Å². The van der Waals surface area contributed by atoms with E-state index in [9.17, 15) is 28.8 Å². The molecule has 1 aromatic carbocycles. The van der Waals surface area contributed by atoms with Gasteiger partial charge in [-0.3, -0.25) is 26.4 Å². The van der Waals surface area contributed by atoms with E-state index in [1.807, 2.05) is 0 Å². The Morgan fingerprint density at radius 1 is 0.493 bits per heavy atom. The minimum Gasteiger partial charge on any atom is -0.494 e. The Labute approximate surface area is 421 Å². The molecule has 0 aliphatic carbocycles. The molecule has 0 aromatic heterocycles. The van der Waals surface area contributed by atoms with Crippen molar-refractivity contribution < 1.29 is 61.9 Å². The highest BCUT2D eigenvalue weighted by Gasteiger charge is 2.35. The number of hydrogen-bond donors (Lipinski definition) is 4. The van der Waals surface area contributed by atoms with Crippen LogP contribution in [0.2, 0.25) is 0 Å². The number of carbonyl (C=O) groups excluding carboxylic acids is 6. The minimum atomic E-state index is -1.04. The highest BCUT2D eigenvalue weighted by Crippen LogP contribution is 2.20. The second kappa shape index (κ2) is 27.5. The van der Waals surface area contributed by atoms with Crippen molar-refractivity contribution in [1.82, 2.24) is 25.8 Å². The number of amidine groups is 1. The predicted molar refractivity (Wildman–Crippen MR) is 271 cm³/mol. The summed E-state index contributed by atoms with van der Waals surface area (Å²) < 4.78 is 39.0. The van der Waals surface area contributed by atoms with E-state index >= 15 is 0 Å². The third kappa shape index (κ3) is 30.9. The molecule has 0 aliphatic heterocycles. The van der Waals surface area contributed by atoms with Crippen LogP contribution in [0.5, 0.6) is 5.75 Å². The number of guanidine groups is 2. The summed E-state index contributed by atoms with van der Waals surface area (Å²) in [6.07, 6.45) is -1.50. The smallest absolute Gasteiger partial charge is 0.437 e. The first kappa shape index (κ1) is 62.9. The molecule has 21 nitrogen and oxygen atoms in total. The molecule has 6 amide bonds. The van der Waals surface area contributed by atoms with Gasteiger partial charge in [-0.25, -0.2) is 38.6 Å². The number of aliphatic imine (C=N–C) groups is 2. The highest BCUT2D eigenvalue weighted by molar-refractivity contribution is 6.05. The molecule has 21 heteroatoms. The lowest BCUT2D eigenvalue weighted by atomic mass is 10.1. The maximum atomic E-state index is 14.1. The van der Waals surface area contributed by atoms with Gasteiger partial charge in [0.1, 0.15) is 45.2 Å². The standard InChI is InChI=1S/C50H84N8O13/c1-45(2,3)66-39(59)53-36(51)34-26-28-35(29-27-34)65-33-25-24-32-58(44(64)71-50(16,17)18)38(56-42(62)69-48(10,11)12)57(43(63)70-49(13,14)15)31-23-21-19-20-22-30-52-37(54-40(60)67-46(4,5)6)55-41(61)68-47(7,8)9/h26-29H,19-25,30-33H2,1-18H3,(H2,51,53,59)(H2,52,54,55,60,61). The average Bonchev–Trinajstić information content (AvgIpc) is 3.13. The number of benzene rings is 1. The molecule has 4 N–H and O–H groups in total. The molecule has 0 spiro atoms. The van der Waals surface area contributed by atoms with Gasteiger partial charge in [-0.05, 0) is 175 Å². The number of hydrogen-bond acceptors (Lipinski definition) is 15. The van der Waals surface area contributed by atoms with Gasteiger partial charge in [-0.1, -0.05) is 19.3 Å². The first-order valence-corrected chi connectivity index (χ1v) is 24.0. The van der Waals surface area contributed by atoms with Crippen LogP contribution in [0.25, 0.3) is 0 Å². The van der Waals surface area contributed by atoms with Crippen molar-refractivity contribution in [3.05, 3.63) is 29.8 Å². The molecular weight excluding hydrogens is 921 g/mol. The Bertz CT molecular complexity index is 1960. The van der Waals surface area contributed by atoms with Gasteiger partial charge in [0.05, 0.1) is 6.61 Å². The SMILES string of the molecule is CC(C)(C)OC(=O)N=C(N(CCCCCCCN=C(NC(=O)OC(C)(C)C)NC(=O)OC(C)(C)C)C(=O)OC(C)(C)C)N(CCCCOc1ccc(C(=N)NC(=O)OC(C)(C)C)cc1)C(=O)OC(C)(C)C. The Kier molecular flexibility index (Phi) is 24.3. The van der Waals surface area contributed by atoms with Gasteiger partial charge >= 0.3 is 36.6 Å². The van der Waals surface area contributed by atoms with Gasteiger partial charge in [-0.15, -0.1) is 4.99 Å². The van der Waals surface area contributed by atoms with Crippen molar-refractivity contribution in [2.45, 2.75) is 203 Å². The van der Waals surface area contributed by atoms with Crippen molar-refractivity contribution in [2.75, 3.05) is 26.2 Å². The first-order valence-electron chi connectivity index (χ1n) is 24.0. The van der Waals surface area contributed by atoms with Crippen LogP contribution in [0.15, 0.2) is 34.3 Å². The summed E-state index contributed by atoms with van der Waals surface area (Å²) in [5.41, 5.74) is -4.77. The molecule has 0 atom stereocenters. The number of nitrogens with zero attached hydrogens (tertiary/aromatic N) is 4. The maximum absolute atomic E-state index is 14.1. The Morgan fingerprint density at radius 3 is 1.30 bits per heavy atom. The van der Waals surface area contributed by atoms with Crippen LogP contribution in [0, 0.1) is 5.41 Å². The quantitative estimate of drug-likeness (QED) is 0.0552.